The number of thiophene rings is 1. The van der Waals surface area contributed by atoms with Crippen molar-refractivity contribution in [1.82, 2.24) is 5.32 Å². The molecule has 0 amide bonds. The van der Waals surface area contributed by atoms with Gasteiger partial charge >= 0.3 is 0 Å². The third kappa shape index (κ3) is 2.86. The molecule has 2 unspecified atom stereocenters. The Hall–Kier alpha value is 0.360. The normalized spacial score (nSPS) is 32.6. The number of hydrogen-bond donors (Lipinski definition) is 1. The van der Waals surface area contributed by atoms with E-state index >= 15 is 0 Å². The Balaban J connectivity index is 1.63. The molecule has 1 nitrogen and oxygen atoms in total. The van der Waals surface area contributed by atoms with Gasteiger partial charge in [0.15, 0.2) is 0 Å². The Bertz CT molecular complexity index is 370. The quantitative estimate of drug-likeness (QED) is 0.895. The first-order chi connectivity index (χ1) is 8.33. The number of nitrogens with one attached hydrogen (secondary N) is 1. The second kappa shape index (κ2) is 5.55. The zero-order valence-corrected chi connectivity index (χ0v) is 12.6. The predicted octanol–water partition coefficient (Wildman–Crippen LogP) is 4.16. The van der Waals surface area contributed by atoms with Crippen molar-refractivity contribution in [3.8, 4) is 0 Å². The van der Waals surface area contributed by atoms with Crippen LogP contribution in [0.15, 0.2) is 15.7 Å². The van der Waals surface area contributed by atoms with Gasteiger partial charge in [-0.3, -0.25) is 0 Å². The lowest BCUT2D eigenvalue weighted by Gasteiger charge is -2.28. The Morgan fingerprint density at radius 1 is 1.47 bits per heavy atom. The van der Waals surface area contributed by atoms with Gasteiger partial charge in [-0.05, 0) is 42.0 Å². The average molecular weight is 286 g/mol. The van der Waals surface area contributed by atoms with Gasteiger partial charge in [0.05, 0.1) is 4.21 Å². The lowest BCUT2D eigenvalue weighted by atomic mass is 10.0. The third-order valence-electron chi connectivity index (χ3n) is 3.53. The summed E-state index contributed by atoms with van der Waals surface area (Å²) >= 11 is 6.11. The minimum atomic E-state index is 0.605. The Morgan fingerprint density at radius 3 is 3.24 bits per heavy atom. The molecule has 1 N–H and O–H groups in total. The van der Waals surface area contributed by atoms with Gasteiger partial charge in [-0.25, -0.2) is 0 Å². The van der Waals surface area contributed by atoms with Crippen molar-refractivity contribution in [2.24, 2.45) is 0 Å². The monoisotopic (exact) mass is 285 g/mol. The van der Waals surface area contributed by atoms with E-state index in [1.54, 1.807) is 9.77 Å². The fraction of sp³-hybridized carbons (Fsp3) is 0.692. The topological polar surface area (TPSA) is 12.0 Å². The molecule has 1 fully saturated rings. The molecule has 0 bridgehead atoms. The van der Waals surface area contributed by atoms with Crippen molar-refractivity contribution in [2.75, 3.05) is 12.3 Å². The first kappa shape index (κ1) is 12.4. The molecule has 3 rings (SSSR count). The molecule has 1 aromatic heterocycles. The highest BCUT2D eigenvalue weighted by Crippen LogP contribution is 2.43. The van der Waals surface area contributed by atoms with Gasteiger partial charge in [-0.1, -0.05) is 6.92 Å². The van der Waals surface area contributed by atoms with E-state index < -0.39 is 0 Å². The Kier molecular flexibility index (Phi) is 4.05. The predicted molar refractivity (Wildman–Crippen MR) is 80.5 cm³/mol. The van der Waals surface area contributed by atoms with Crippen molar-refractivity contribution in [3.05, 3.63) is 17.0 Å². The molecule has 3 heterocycles. The summed E-state index contributed by atoms with van der Waals surface area (Å²) in [5.74, 6) is 1.37. The summed E-state index contributed by atoms with van der Waals surface area (Å²) in [6.07, 6.45) is 4.11. The molecule has 1 aromatic rings. The van der Waals surface area contributed by atoms with E-state index in [0.29, 0.717) is 6.04 Å². The summed E-state index contributed by atoms with van der Waals surface area (Å²) in [5.41, 5.74) is 1.56. The first-order valence-corrected chi connectivity index (χ1v) is 9.23. The molecule has 0 spiro atoms. The SMILES string of the molecule is C[C@H]1CC(NCC2CCCS2)c2ccsc2S1. The van der Waals surface area contributed by atoms with Crippen molar-refractivity contribution < 1.29 is 0 Å². The Morgan fingerprint density at radius 2 is 2.41 bits per heavy atom. The molecule has 3 atom stereocenters. The van der Waals surface area contributed by atoms with Gasteiger partial charge in [0, 0.05) is 23.1 Å². The highest BCUT2D eigenvalue weighted by atomic mass is 32.2. The van der Waals surface area contributed by atoms with Gasteiger partial charge in [0.2, 0.25) is 0 Å². The molecular weight excluding hydrogens is 266 g/mol. The van der Waals surface area contributed by atoms with Crippen LogP contribution in [0, 0.1) is 0 Å². The van der Waals surface area contributed by atoms with Crippen LogP contribution in [0.1, 0.15) is 37.8 Å². The third-order valence-corrected chi connectivity index (χ3v) is 7.27. The zero-order valence-electron chi connectivity index (χ0n) is 10.1. The molecule has 2 aliphatic heterocycles. The van der Waals surface area contributed by atoms with E-state index in [0.717, 1.165) is 10.5 Å². The van der Waals surface area contributed by atoms with Gasteiger partial charge in [0.25, 0.3) is 0 Å². The van der Waals surface area contributed by atoms with Crippen LogP contribution >= 0.6 is 34.9 Å². The van der Waals surface area contributed by atoms with E-state index in [9.17, 15) is 0 Å². The Labute approximate surface area is 116 Å². The molecule has 17 heavy (non-hydrogen) atoms. The smallest absolute Gasteiger partial charge is 0.0649 e. The summed E-state index contributed by atoms with van der Waals surface area (Å²) in [6.45, 7) is 3.55. The molecule has 94 valence electrons. The van der Waals surface area contributed by atoms with Crippen molar-refractivity contribution in [3.63, 3.8) is 0 Å². The van der Waals surface area contributed by atoms with E-state index in [-0.39, 0.29) is 0 Å². The molecule has 1 saturated heterocycles. The average Bonchev–Trinajstić information content (AvgIpc) is 2.95. The number of thioether (sulfide) groups is 2. The van der Waals surface area contributed by atoms with Gasteiger partial charge in [-0.2, -0.15) is 11.8 Å². The number of fused-ring (bicyclic) bond motifs is 1. The fourth-order valence-corrected chi connectivity index (χ4v) is 6.40. The molecule has 0 aliphatic carbocycles. The van der Waals surface area contributed by atoms with Crippen LogP contribution < -0.4 is 5.32 Å². The highest BCUT2D eigenvalue weighted by molar-refractivity contribution is 8.01. The van der Waals surface area contributed by atoms with Crippen LogP contribution in [-0.2, 0) is 0 Å². The molecule has 4 heteroatoms. The maximum atomic E-state index is 3.81. The minimum absolute atomic E-state index is 0.605. The minimum Gasteiger partial charge on any atom is -0.309 e. The van der Waals surface area contributed by atoms with Crippen molar-refractivity contribution in [1.29, 1.82) is 0 Å². The van der Waals surface area contributed by atoms with Gasteiger partial charge < -0.3 is 5.32 Å². The lowest BCUT2D eigenvalue weighted by molar-refractivity contribution is 0.484. The fourth-order valence-electron chi connectivity index (χ4n) is 2.62. The summed E-state index contributed by atoms with van der Waals surface area (Å²) in [6, 6.07) is 2.92. The maximum absolute atomic E-state index is 3.81. The second-order valence-electron chi connectivity index (χ2n) is 4.92. The number of rotatable bonds is 3. The van der Waals surface area contributed by atoms with Crippen LogP contribution in [-0.4, -0.2) is 22.8 Å². The van der Waals surface area contributed by atoms with Crippen molar-refractivity contribution in [2.45, 2.75) is 46.9 Å². The summed E-state index contributed by atoms with van der Waals surface area (Å²) in [4.78, 5) is 0. The second-order valence-corrected chi connectivity index (χ2v) is 8.95. The summed E-state index contributed by atoms with van der Waals surface area (Å²) in [7, 11) is 0. The summed E-state index contributed by atoms with van der Waals surface area (Å²) in [5, 5.41) is 7.68. The lowest BCUT2D eigenvalue weighted by Crippen LogP contribution is -2.31. The van der Waals surface area contributed by atoms with Gasteiger partial charge in [0.1, 0.15) is 0 Å². The van der Waals surface area contributed by atoms with Crippen LogP contribution in [0.5, 0.6) is 0 Å². The molecular formula is C13H19NS3. The zero-order chi connectivity index (χ0) is 11.7. The van der Waals surface area contributed by atoms with E-state index in [4.69, 9.17) is 0 Å². The summed E-state index contributed by atoms with van der Waals surface area (Å²) < 4.78 is 1.54. The van der Waals surface area contributed by atoms with Crippen LogP contribution in [0.4, 0.5) is 0 Å². The van der Waals surface area contributed by atoms with Crippen LogP contribution in [0.25, 0.3) is 0 Å². The van der Waals surface area contributed by atoms with Crippen LogP contribution in [0.3, 0.4) is 0 Å². The molecule has 0 radical (unpaired) electrons. The standard InChI is InChI=1S/C13H19NS3/c1-9-7-12(11-4-6-16-13(11)17-9)14-8-10-3-2-5-15-10/h4,6,9-10,12,14H,2-3,5,7-8H2,1H3/t9-,10?,12?/m0/s1. The van der Waals surface area contributed by atoms with E-state index in [2.05, 4.69) is 47.2 Å². The largest absolute Gasteiger partial charge is 0.309 e. The van der Waals surface area contributed by atoms with Gasteiger partial charge in [-0.15, -0.1) is 23.1 Å². The van der Waals surface area contributed by atoms with E-state index in [1.807, 2.05) is 11.3 Å². The highest BCUT2D eigenvalue weighted by Gasteiger charge is 2.27. The number of hydrogen-bond acceptors (Lipinski definition) is 4. The molecule has 0 saturated carbocycles. The van der Waals surface area contributed by atoms with E-state index in [1.165, 1.54) is 31.6 Å². The first-order valence-electron chi connectivity index (χ1n) is 6.42. The maximum Gasteiger partial charge on any atom is 0.0649 e. The molecule has 0 aromatic carbocycles. The van der Waals surface area contributed by atoms with Crippen LogP contribution in [0.2, 0.25) is 0 Å². The van der Waals surface area contributed by atoms with Crippen molar-refractivity contribution >= 4 is 34.9 Å². The molecule has 2 aliphatic rings.